The maximum Gasteiger partial charge on any atom is 0.191 e. The van der Waals surface area contributed by atoms with Crippen LogP contribution in [0.15, 0.2) is 39.8 Å². The number of hydrogen-bond donors (Lipinski definition) is 2. The standard InChI is InChI=1S/C20H28N4O2.HI/c1-4-14(5-2)18-11-17(26-24-18)13-23-20(21-3)22-12-16-10-15-8-6-7-9-19(15)25-16;/h6-9,11,14,16H,4-5,10,12-13H2,1-3H3,(H2,21,22,23);1H. The van der Waals surface area contributed by atoms with Crippen molar-refractivity contribution in [2.75, 3.05) is 13.6 Å². The number of guanidine groups is 1. The first kappa shape index (κ1) is 21.5. The number of fused-ring (bicyclic) bond motifs is 1. The molecule has 2 heterocycles. The smallest absolute Gasteiger partial charge is 0.191 e. The lowest BCUT2D eigenvalue weighted by Crippen LogP contribution is -2.41. The highest BCUT2D eigenvalue weighted by molar-refractivity contribution is 14.0. The number of nitrogens with zero attached hydrogens (tertiary/aromatic N) is 2. The molecule has 1 unspecified atom stereocenters. The first-order valence-corrected chi connectivity index (χ1v) is 9.38. The van der Waals surface area contributed by atoms with Crippen LogP contribution >= 0.6 is 24.0 Å². The molecule has 1 aromatic heterocycles. The van der Waals surface area contributed by atoms with E-state index in [0.29, 0.717) is 19.0 Å². The Labute approximate surface area is 178 Å². The molecular formula is C20H29IN4O2. The number of hydrogen-bond acceptors (Lipinski definition) is 4. The van der Waals surface area contributed by atoms with E-state index >= 15 is 0 Å². The summed E-state index contributed by atoms with van der Waals surface area (Å²) in [4.78, 5) is 4.26. The molecule has 148 valence electrons. The van der Waals surface area contributed by atoms with E-state index < -0.39 is 0 Å². The van der Waals surface area contributed by atoms with Gasteiger partial charge in [0.05, 0.1) is 18.8 Å². The molecule has 1 aliphatic heterocycles. The average molecular weight is 484 g/mol. The minimum absolute atomic E-state index is 0. The highest BCUT2D eigenvalue weighted by Gasteiger charge is 2.22. The van der Waals surface area contributed by atoms with Crippen molar-refractivity contribution in [3.05, 3.63) is 47.3 Å². The maximum atomic E-state index is 5.95. The molecule has 1 atom stereocenters. The number of aliphatic imine (C=N–C) groups is 1. The molecule has 2 aromatic rings. The van der Waals surface area contributed by atoms with Crippen molar-refractivity contribution in [3.8, 4) is 5.75 Å². The van der Waals surface area contributed by atoms with Crippen LogP contribution in [-0.4, -0.2) is 30.8 Å². The van der Waals surface area contributed by atoms with Gasteiger partial charge in [0.2, 0.25) is 0 Å². The molecule has 0 saturated carbocycles. The molecular weight excluding hydrogens is 455 g/mol. The summed E-state index contributed by atoms with van der Waals surface area (Å²) in [5, 5.41) is 10.8. The highest BCUT2D eigenvalue weighted by atomic mass is 127. The monoisotopic (exact) mass is 484 g/mol. The van der Waals surface area contributed by atoms with Gasteiger partial charge in [0.15, 0.2) is 11.7 Å². The van der Waals surface area contributed by atoms with Crippen LogP contribution < -0.4 is 15.4 Å². The predicted molar refractivity (Wildman–Crippen MR) is 118 cm³/mol. The van der Waals surface area contributed by atoms with Gasteiger partial charge in [-0.05, 0) is 24.5 Å². The number of benzene rings is 1. The summed E-state index contributed by atoms with van der Waals surface area (Å²) in [6.07, 6.45) is 3.19. The van der Waals surface area contributed by atoms with Crippen molar-refractivity contribution < 1.29 is 9.26 Å². The molecule has 0 aliphatic carbocycles. The van der Waals surface area contributed by atoms with Crippen LogP contribution in [0.5, 0.6) is 5.75 Å². The Balaban J connectivity index is 0.00000261. The van der Waals surface area contributed by atoms with Gasteiger partial charge in [0, 0.05) is 25.5 Å². The fraction of sp³-hybridized carbons (Fsp3) is 0.500. The van der Waals surface area contributed by atoms with Crippen molar-refractivity contribution >= 4 is 29.9 Å². The SMILES string of the molecule is CCC(CC)c1cc(CNC(=NC)NCC2Cc3ccccc3O2)on1.I. The Morgan fingerprint density at radius 1 is 1.26 bits per heavy atom. The van der Waals surface area contributed by atoms with E-state index in [1.165, 1.54) is 5.56 Å². The number of para-hydroxylation sites is 1. The van der Waals surface area contributed by atoms with E-state index in [2.05, 4.69) is 40.7 Å². The number of rotatable bonds is 7. The zero-order valence-corrected chi connectivity index (χ0v) is 18.5. The van der Waals surface area contributed by atoms with Gasteiger partial charge in [-0.15, -0.1) is 24.0 Å². The lowest BCUT2D eigenvalue weighted by molar-refractivity contribution is 0.235. The van der Waals surface area contributed by atoms with Gasteiger partial charge in [-0.1, -0.05) is 37.2 Å². The quantitative estimate of drug-likeness (QED) is 0.355. The van der Waals surface area contributed by atoms with E-state index in [1.807, 2.05) is 24.3 Å². The van der Waals surface area contributed by atoms with Crippen molar-refractivity contribution in [1.29, 1.82) is 0 Å². The molecule has 0 saturated heterocycles. The number of halogens is 1. The molecule has 7 heteroatoms. The average Bonchev–Trinajstić information content (AvgIpc) is 3.29. The summed E-state index contributed by atoms with van der Waals surface area (Å²) in [5.74, 6) is 2.99. The van der Waals surface area contributed by atoms with E-state index in [4.69, 9.17) is 9.26 Å². The molecule has 2 N–H and O–H groups in total. The molecule has 1 aliphatic rings. The van der Waals surface area contributed by atoms with Crippen LogP contribution in [0.2, 0.25) is 0 Å². The van der Waals surface area contributed by atoms with Gasteiger partial charge >= 0.3 is 0 Å². The summed E-state index contributed by atoms with van der Waals surface area (Å²) in [6.45, 7) is 5.61. The fourth-order valence-corrected chi connectivity index (χ4v) is 3.28. The molecule has 27 heavy (non-hydrogen) atoms. The topological polar surface area (TPSA) is 71.7 Å². The van der Waals surface area contributed by atoms with Crippen LogP contribution in [0.4, 0.5) is 0 Å². The van der Waals surface area contributed by atoms with E-state index in [0.717, 1.165) is 42.4 Å². The minimum atomic E-state index is 0. The summed E-state index contributed by atoms with van der Waals surface area (Å²) in [6, 6.07) is 10.2. The van der Waals surface area contributed by atoms with E-state index in [9.17, 15) is 0 Å². The molecule has 1 aromatic carbocycles. The van der Waals surface area contributed by atoms with Gasteiger partial charge in [-0.2, -0.15) is 0 Å². The molecule has 6 nitrogen and oxygen atoms in total. The van der Waals surface area contributed by atoms with E-state index in [1.54, 1.807) is 7.05 Å². The molecule has 0 amide bonds. The summed E-state index contributed by atoms with van der Waals surface area (Å²) in [5.41, 5.74) is 2.30. The Morgan fingerprint density at radius 3 is 2.74 bits per heavy atom. The lowest BCUT2D eigenvalue weighted by atomic mass is 9.99. The van der Waals surface area contributed by atoms with Crippen LogP contribution in [-0.2, 0) is 13.0 Å². The third-order valence-electron chi connectivity index (χ3n) is 4.85. The molecule has 0 bridgehead atoms. The molecule has 0 radical (unpaired) electrons. The van der Waals surface area contributed by atoms with Crippen LogP contribution in [0.3, 0.4) is 0 Å². The second-order valence-electron chi connectivity index (χ2n) is 6.59. The summed E-state index contributed by atoms with van der Waals surface area (Å²) in [7, 11) is 1.76. The Bertz CT molecular complexity index is 718. The lowest BCUT2D eigenvalue weighted by Gasteiger charge is -2.15. The Morgan fingerprint density at radius 2 is 2.04 bits per heavy atom. The second-order valence-corrected chi connectivity index (χ2v) is 6.59. The highest BCUT2D eigenvalue weighted by Crippen LogP contribution is 2.27. The summed E-state index contributed by atoms with van der Waals surface area (Å²) < 4.78 is 11.4. The predicted octanol–water partition coefficient (Wildman–Crippen LogP) is 3.86. The summed E-state index contributed by atoms with van der Waals surface area (Å²) >= 11 is 0. The second kappa shape index (κ2) is 10.5. The van der Waals surface area contributed by atoms with Crippen molar-refractivity contribution in [1.82, 2.24) is 15.8 Å². The zero-order chi connectivity index (χ0) is 18.4. The minimum Gasteiger partial charge on any atom is -0.488 e. The normalized spacial score (nSPS) is 15.9. The van der Waals surface area contributed by atoms with Crippen LogP contribution in [0, 0.1) is 0 Å². The van der Waals surface area contributed by atoms with Gasteiger partial charge < -0.3 is 19.9 Å². The van der Waals surface area contributed by atoms with E-state index in [-0.39, 0.29) is 30.1 Å². The third kappa shape index (κ3) is 5.60. The Hall–Kier alpha value is -1.77. The van der Waals surface area contributed by atoms with Crippen molar-refractivity contribution in [2.24, 2.45) is 4.99 Å². The van der Waals surface area contributed by atoms with Gasteiger partial charge in [-0.3, -0.25) is 4.99 Å². The zero-order valence-electron chi connectivity index (χ0n) is 16.2. The largest absolute Gasteiger partial charge is 0.488 e. The van der Waals surface area contributed by atoms with Gasteiger partial charge in [-0.25, -0.2) is 0 Å². The van der Waals surface area contributed by atoms with Gasteiger partial charge in [0.1, 0.15) is 11.9 Å². The molecule has 3 rings (SSSR count). The molecule has 0 spiro atoms. The maximum absolute atomic E-state index is 5.95. The van der Waals surface area contributed by atoms with Gasteiger partial charge in [0.25, 0.3) is 0 Å². The first-order chi connectivity index (χ1) is 12.7. The molecule has 0 fully saturated rings. The third-order valence-corrected chi connectivity index (χ3v) is 4.85. The van der Waals surface area contributed by atoms with Crippen LogP contribution in [0.25, 0.3) is 0 Å². The van der Waals surface area contributed by atoms with Crippen molar-refractivity contribution in [2.45, 2.75) is 51.7 Å². The number of aromatic nitrogens is 1. The van der Waals surface area contributed by atoms with Crippen molar-refractivity contribution in [3.63, 3.8) is 0 Å². The fourth-order valence-electron chi connectivity index (χ4n) is 3.28. The van der Waals surface area contributed by atoms with Crippen LogP contribution in [0.1, 0.15) is 49.6 Å². The first-order valence-electron chi connectivity index (χ1n) is 9.38. The Kier molecular flexibility index (Phi) is 8.40. The number of nitrogens with one attached hydrogen (secondary N) is 2. The number of ether oxygens (including phenoxy) is 1.